The second kappa shape index (κ2) is 9.11. The summed E-state index contributed by atoms with van der Waals surface area (Å²) in [6.07, 6.45) is -4.12. The number of anilines is 1. The Morgan fingerprint density at radius 1 is 1.19 bits per heavy atom. The van der Waals surface area contributed by atoms with Crippen LogP contribution >= 0.6 is 0 Å². The van der Waals surface area contributed by atoms with Gasteiger partial charge < -0.3 is 20.3 Å². The van der Waals surface area contributed by atoms with Crippen molar-refractivity contribution in [2.24, 2.45) is 5.92 Å². The average Bonchev–Trinajstić information content (AvgIpc) is 3.20. The molecule has 8 heteroatoms. The molecule has 4 unspecified atom stereocenters. The minimum atomic E-state index is -4.42. The maximum absolute atomic E-state index is 13.3. The lowest BCUT2D eigenvalue weighted by molar-refractivity contribution is -0.137. The third kappa shape index (κ3) is 4.91. The largest absolute Gasteiger partial charge is 0.416 e. The lowest BCUT2D eigenvalue weighted by Crippen LogP contribution is -2.33. The Labute approximate surface area is 185 Å². The number of hydrogen-bond donors (Lipinski definition) is 2. The molecule has 5 nitrogen and oxygen atoms in total. The number of hydrogen-bond acceptors (Lipinski definition) is 4. The van der Waals surface area contributed by atoms with E-state index in [0.717, 1.165) is 11.6 Å². The lowest BCUT2D eigenvalue weighted by Gasteiger charge is -2.36. The normalized spacial score (nSPS) is 24.6. The highest BCUT2D eigenvalue weighted by atomic mass is 19.4. The number of benzene rings is 2. The number of carbonyl (C=O) groups is 1. The van der Waals surface area contributed by atoms with Crippen LogP contribution in [0.4, 0.5) is 18.9 Å². The molecule has 2 aromatic rings. The molecule has 1 amide bonds. The summed E-state index contributed by atoms with van der Waals surface area (Å²) >= 11 is 0. The molecule has 0 aromatic heterocycles. The van der Waals surface area contributed by atoms with Crippen molar-refractivity contribution >= 4 is 11.6 Å². The van der Waals surface area contributed by atoms with Crippen LogP contribution in [-0.2, 0) is 15.7 Å². The van der Waals surface area contributed by atoms with Gasteiger partial charge in [-0.3, -0.25) is 4.79 Å². The fourth-order valence-electron chi connectivity index (χ4n) is 4.55. The summed E-state index contributed by atoms with van der Waals surface area (Å²) in [5.41, 5.74) is 1.56. The Hall–Kier alpha value is -2.58. The summed E-state index contributed by atoms with van der Waals surface area (Å²) in [6, 6.07) is 13.6. The molecular weight excluding hydrogens is 419 g/mol. The van der Waals surface area contributed by atoms with E-state index in [9.17, 15) is 18.0 Å². The van der Waals surface area contributed by atoms with Crippen molar-refractivity contribution in [1.82, 2.24) is 10.2 Å². The van der Waals surface area contributed by atoms with Gasteiger partial charge in [0, 0.05) is 36.7 Å². The van der Waals surface area contributed by atoms with Crippen LogP contribution in [0.1, 0.15) is 41.7 Å². The first-order valence-electron chi connectivity index (χ1n) is 10.8. The van der Waals surface area contributed by atoms with E-state index in [1.54, 1.807) is 0 Å². The predicted octanol–water partition coefficient (Wildman–Crippen LogP) is 4.39. The van der Waals surface area contributed by atoms with Gasteiger partial charge in [0.05, 0.1) is 23.8 Å². The van der Waals surface area contributed by atoms with Gasteiger partial charge in [-0.1, -0.05) is 30.3 Å². The van der Waals surface area contributed by atoms with Gasteiger partial charge in [-0.15, -0.1) is 0 Å². The Bertz CT molecular complexity index is 949. The number of halogens is 3. The highest BCUT2D eigenvalue weighted by molar-refractivity contribution is 5.76. The number of amides is 1. The molecule has 172 valence electrons. The molecular formula is C24H28F3N3O2. The summed E-state index contributed by atoms with van der Waals surface area (Å²) in [6.45, 7) is 0.991. The van der Waals surface area contributed by atoms with Gasteiger partial charge in [0.2, 0.25) is 5.91 Å². The van der Waals surface area contributed by atoms with Gasteiger partial charge in [-0.05, 0) is 44.3 Å². The minimum absolute atomic E-state index is 0.0444. The molecule has 0 aliphatic carbocycles. The first kappa shape index (κ1) is 22.6. The zero-order chi connectivity index (χ0) is 22.9. The van der Waals surface area contributed by atoms with E-state index in [0.29, 0.717) is 37.2 Å². The molecule has 1 saturated heterocycles. The van der Waals surface area contributed by atoms with Crippen LogP contribution in [0.15, 0.2) is 48.5 Å². The molecule has 0 bridgehead atoms. The van der Waals surface area contributed by atoms with E-state index >= 15 is 0 Å². The van der Waals surface area contributed by atoms with Crippen LogP contribution in [-0.4, -0.2) is 44.1 Å². The van der Waals surface area contributed by atoms with Gasteiger partial charge in [-0.25, -0.2) is 0 Å². The monoisotopic (exact) mass is 447 g/mol. The summed E-state index contributed by atoms with van der Waals surface area (Å²) < 4.78 is 46.3. The quantitative estimate of drug-likeness (QED) is 0.690. The molecule has 4 atom stereocenters. The van der Waals surface area contributed by atoms with E-state index in [1.807, 2.05) is 49.3 Å². The summed E-state index contributed by atoms with van der Waals surface area (Å²) in [5.74, 6) is -0.105. The van der Waals surface area contributed by atoms with Gasteiger partial charge in [0.1, 0.15) is 0 Å². The van der Waals surface area contributed by atoms with E-state index in [2.05, 4.69) is 10.6 Å². The molecule has 1 fully saturated rings. The van der Waals surface area contributed by atoms with E-state index in [4.69, 9.17) is 4.74 Å². The molecule has 0 spiro atoms. The zero-order valence-electron chi connectivity index (χ0n) is 18.2. The Balaban J connectivity index is 1.56. The van der Waals surface area contributed by atoms with Crippen LogP contribution in [0, 0.1) is 5.92 Å². The SMILES string of the molecule is CN(C)CCC(=O)NCC1CC2C(c3ccccc3)Nc3ccc(C(F)(F)F)cc3C2O1. The topological polar surface area (TPSA) is 53.6 Å². The highest BCUT2D eigenvalue weighted by Gasteiger charge is 2.46. The van der Waals surface area contributed by atoms with Crippen LogP contribution in [0.2, 0.25) is 0 Å². The van der Waals surface area contributed by atoms with Crippen molar-refractivity contribution < 1.29 is 22.7 Å². The summed E-state index contributed by atoms with van der Waals surface area (Å²) in [5, 5.41) is 6.35. The molecule has 32 heavy (non-hydrogen) atoms. The zero-order valence-corrected chi connectivity index (χ0v) is 18.2. The molecule has 2 aliphatic heterocycles. The smallest absolute Gasteiger partial charge is 0.378 e. The summed E-state index contributed by atoms with van der Waals surface area (Å²) in [7, 11) is 3.81. The van der Waals surface area contributed by atoms with Crippen LogP contribution in [0.25, 0.3) is 0 Å². The van der Waals surface area contributed by atoms with Crippen molar-refractivity contribution in [3.8, 4) is 0 Å². The average molecular weight is 448 g/mol. The first-order valence-corrected chi connectivity index (χ1v) is 10.8. The molecule has 2 heterocycles. The molecule has 0 saturated carbocycles. The maximum atomic E-state index is 13.3. The first-order chi connectivity index (χ1) is 15.2. The van der Waals surface area contributed by atoms with Crippen molar-refractivity contribution in [1.29, 1.82) is 0 Å². The lowest BCUT2D eigenvalue weighted by atomic mass is 9.80. The molecule has 4 rings (SSSR count). The van der Waals surface area contributed by atoms with Gasteiger partial charge >= 0.3 is 6.18 Å². The predicted molar refractivity (Wildman–Crippen MR) is 116 cm³/mol. The van der Waals surface area contributed by atoms with Crippen LogP contribution in [0.5, 0.6) is 0 Å². The minimum Gasteiger partial charge on any atom is -0.378 e. The third-order valence-electron chi connectivity index (χ3n) is 6.16. The van der Waals surface area contributed by atoms with Crippen molar-refractivity contribution in [2.45, 2.75) is 37.3 Å². The number of nitrogens with one attached hydrogen (secondary N) is 2. The number of alkyl halides is 3. The molecule has 2 aliphatic rings. The van der Waals surface area contributed by atoms with Crippen molar-refractivity contribution in [3.63, 3.8) is 0 Å². The van der Waals surface area contributed by atoms with Crippen LogP contribution in [0.3, 0.4) is 0 Å². The standard InChI is InChI=1S/C24H28F3N3O2/c1-30(2)11-10-21(31)28-14-17-13-19-22(15-6-4-3-5-7-15)29-20-9-8-16(24(25,26)27)12-18(20)23(19)32-17/h3-9,12,17,19,22-23,29H,10-11,13-14H2,1-2H3,(H,28,31). The number of fused-ring (bicyclic) bond motifs is 3. The van der Waals surface area contributed by atoms with Crippen LogP contribution < -0.4 is 10.6 Å². The Morgan fingerprint density at radius 2 is 1.94 bits per heavy atom. The van der Waals surface area contributed by atoms with E-state index < -0.39 is 17.8 Å². The van der Waals surface area contributed by atoms with Gasteiger partial charge in [-0.2, -0.15) is 13.2 Å². The maximum Gasteiger partial charge on any atom is 0.416 e. The third-order valence-corrected chi connectivity index (χ3v) is 6.16. The fourth-order valence-corrected chi connectivity index (χ4v) is 4.55. The van der Waals surface area contributed by atoms with Gasteiger partial charge in [0.25, 0.3) is 0 Å². The van der Waals surface area contributed by atoms with Gasteiger partial charge in [0.15, 0.2) is 0 Å². The highest BCUT2D eigenvalue weighted by Crippen LogP contribution is 2.52. The molecule has 2 N–H and O–H groups in total. The second-order valence-electron chi connectivity index (χ2n) is 8.77. The number of carbonyl (C=O) groups excluding carboxylic acids is 1. The molecule has 0 radical (unpaired) electrons. The summed E-state index contributed by atoms with van der Waals surface area (Å²) in [4.78, 5) is 14.1. The Morgan fingerprint density at radius 3 is 2.62 bits per heavy atom. The fraction of sp³-hybridized carbons (Fsp3) is 0.458. The van der Waals surface area contributed by atoms with Crippen molar-refractivity contribution in [3.05, 3.63) is 65.2 Å². The Kier molecular flexibility index (Phi) is 6.44. The van der Waals surface area contributed by atoms with E-state index in [1.165, 1.54) is 12.1 Å². The number of ether oxygens (including phenoxy) is 1. The molecule has 2 aromatic carbocycles. The number of nitrogens with zero attached hydrogens (tertiary/aromatic N) is 1. The van der Waals surface area contributed by atoms with E-state index in [-0.39, 0.29) is 24.0 Å². The second-order valence-corrected chi connectivity index (χ2v) is 8.77. The van der Waals surface area contributed by atoms with Crippen molar-refractivity contribution in [2.75, 3.05) is 32.5 Å². The number of rotatable bonds is 6.